The van der Waals surface area contributed by atoms with Crippen LogP contribution in [0.3, 0.4) is 0 Å². The molecule has 4 bridgehead atoms. The van der Waals surface area contributed by atoms with Crippen molar-refractivity contribution in [3.8, 4) is 0 Å². The van der Waals surface area contributed by atoms with Gasteiger partial charge >= 0.3 is 41.8 Å². The number of fused-ring (bicyclic) bond motifs is 4. The van der Waals surface area contributed by atoms with Gasteiger partial charge in [0.15, 0.2) is 26.8 Å². The number of carbonyl (C=O) groups excluding carboxylic acids is 7. The highest BCUT2D eigenvalue weighted by molar-refractivity contribution is 5.81. The lowest BCUT2D eigenvalue weighted by atomic mass is 9.86. The molecule has 5 rings (SSSR count). The number of ether oxygens (including phenoxy) is 9. The predicted molar refractivity (Wildman–Crippen MR) is 276 cm³/mol. The van der Waals surface area contributed by atoms with Crippen molar-refractivity contribution in [1.29, 1.82) is 0 Å². The maximum absolute atomic E-state index is 12.3. The van der Waals surface area contributed by atoms with Gasteiger partial charge in [-0.25, -0.2) is 9.59 Å². The Hall–Kier alpha value is -3.79. The van der Waals surface area contributed by atoms with Crippen molar-refractivity contribution in [2.24, 2.45) is 51.8 Å². The minimum absolute atomic E-state index is 0. The van der Waals surface area contributed by atoms with Crippen LogP contribution in [0.1, 0.15) is 204 Å². The van der Waals surface area contributed by atoms with Crippen LogP contribution in [-0.2, 0) is 76.2 Å². The minimum atomic E-state index is -0.756. The van der Waals surface area contributed by atoms with Crippen molar-refractivity contribution in [2.75, 3.05) is 40.5 Å². The number of hydrogen-bond donors (Lipinski definition) is 0. The summed E-state index contributed by atoms with van der Waals surface area (Å²) >= 11 is 0. The number of rotatable bonds is 20. The summed E-state index contributed by atoms with van der Waals surface area (Å²) in [6.07, 6.45) is 10.9. The van der Waals surface area contributed by atoms with Crippen LogP contribution in [0.2, 0.25) is 0 Å². The molecule has 0 amide bonds. The molecule has 0 aromatic heterocycles. The Bertz CT molecular complexity index is 1610. The summed E-state index contributed by atoms with van der Waals surface area (Å²) in [6, 6.07) is 0. The number of carbonyl (C=O) groups is 7. The van der Waals surface area contributed by atoms with Crippen LogP contribution in [0.15, 0.2) is 0 Å². The van der Waals surface area contributed by atoms with Gasteiger partial charge in [0.05, 0.1) is 28.1 Å². The fraction of sp³-hybridized carbons (Fsp3) is 0.873. The summed E-state index contributed by atoms with van der Waals surface area (Å²) in [6.45, 7) is 20.2. The van der Waals surface area contributed by atoms with E-state index >= 15 is 0 Å². The Morgan fingerprint density at radius 3 is 1.28 bits per heavy atom. The third-order valence-electron chi connectivity index (χ3n) is 14.4. The van der Waals surface area contributed by atoms with Gasteiger partial charge in [0, 0.05) is 25.6 Å². The Kier molecular flexibility index (Phi) is 34.4. The van der Waals surface area contributed by atoms with E-state index in [1.54, 1.807) is 13.8 Å². The summed E-state index contributed by atoms with van der Waals surface area (Å²) in [4.78, 5) is 83.5. The molecule has 0 aromatic carbocycles. The quantitative estimate of drug-likeness (QED) is 0.0482. The zero-order valence-electron chi connectivity index (χ0n) is 41.4. The molecule has 8 unspecified atom stereocenters. The largest absolute Gasteiger partial charge is 0.462 e. The van der Waals surface area contributed by atoms with Crippen LogP contribution >= 0.6 is 0 Å². The second kappa shape index (κ2) is 33.1. The molecule has 0 N–H and O–H groups in total. The van der Waals surface area contributed by atoms with Crippen LogP contribution in [0.5, 0.6) is 0 Å². The van der Waals surface area contributed by atoms with Crippen LogP contribution in [0.25, 0.3) is 0 Å². The summed E-state index contributed by atoms with van der Waals surface area (Å²) < 4.78 is 46.5. The first-order valence-electron chi connectivity index (χ1n) is 23.8. The van der Waals surface area contributed by atoms with E-state index in [4.69, 9.17) is 42.6 Å². The first-order valence-corrected chi connectivity index (χ1v) is 23.8. The highest BCUT2D eigenvalue weighted by Crippen LogP contribution is 2.52. The number of methoxy groups -OCH3 is 1. The van der Waals surface area contributed by atoms with Crippen LogP contribution in [-0.4, -0.2) is 100 Å². The fourth-order valence-electron chi connectivity index (χ4n) is 8.96. The summed E-state index contributed by atoms with van der Waals surface area (Å²) in [5.74, 6) is -1.69. The Morgan fingerprint density at radius 1 is 0.507 bits per heavy atom. The minimum Gasteiger partial charge on any atom is -0.462 e. The average molecular weight is 1020 g/mol. The van der Waals surface area contributed by atoms with E-state index in [0.29, 0.717) is 24.9 Å². The van der Waals surface area contributed by atoms with Crippen LogP contribution < -0.4 is 0 Å². The van der Waals surface area contributed by atoms with Gasteiger partial charge in [0.2, 0.25) is 0 Å². The van der Waals surface area contributed by atoms with E-state index in [9.17, 15) is 33.6 Å². The molecule has 0 aromatic rings. The molecule has 5 fully saturated rings. The molecule has 0 radical (unpaired) electrons. The van der Waals surface area contributed by atoms with E-state index < -0.39 is 53.0 Å². The first-order chi connectivity index (χ1) is 30.5. The molecule has 16 heteroatoms. The SMILES string of the molecule is C.C.C.C.C.C.CCC(C)(C)C(=O)OC1CC2CC(C(=O)OCOC)C1C2.CCC(C)(C)C(=O)OCC(=O)OCC(=O)OC1(C)CCCC1.CCOCOC(=O)C1CC2CC(OC(=O)C(C)(C)CC)C1C2. The lowest BCUT2D eigenvalue weighted by Gasteiger charge is -2.31. The van der Waals surface area contributed by atoms with E-state index in [-0.39, 0.29) is 118 Å². The van der Waals surface area contributed by atoms with Crippen molar-refractivity contribution in [2.45, 2.75) is 222 Å². The molecule has 8 atom stereocenters. The second-order valence-corrected chi connectivity index (χ2v) is 20.6. The molecule has 0 spiro atoms. The Morgan fingerprint density at radius 2 is 0.901 bits per heavy atom. The molecule has 16 nitrogen and oxygen atoms in total. The Labute approximate surface area is 431 Å². The summed E-state index contributed by atoms with van der Waals surface area (Å²) in [5.41, 5.74) is -2.02. The van der Waals surface area contributed by atoms with E-state index in [1.807, 2.05) is 62.3 Å². The van der Waals surface area contributed by atoms with Gasteiger partial charge in [0.1, 0.15) is 17.8 Å². The molecule has 5 aliphatic carbocycles. The topological polar surface area (TPSA) is 203 Å². The smallest absolute Gasteiger partial charge is 0.344 e. The van der Waals surface area contributed by atoms with E-state index in [2.05, 4.69) is 0 Å². The van der Waals surface area contributed by atoms with Crippen molar-refractivity contribution < 1.29 is 76.2 Å². The van der Waals surface area contributed by atoms with Gasteiger partial charge in [-0.05, 0) is 151 Å². The molecule has 5 aliphatic rings. The van der Waals surface area contributed by atoms with Gasteiger partial charge in [0.25, 0.3) is 0 Å². The zero-order valence-corrected chi connectivity index (χ0v) is 41.4. The van der Waals surface area contributed by atoms with Gasteiger partial charge in [-0.15, -0.1) is 0 Å². The lowest BCUT2D eigenvalue weighted by molar-refractivity contribution is -0.173. The van der Waals surface area contributed by atoms with Crippen molar-refractivity contribution in [1.82, 2.24) is 0 Å². The molecule has 420 valence electrons. The van der Waals surface area contributed by atoms with Gasteiger partial charge in [-0.2, -0.15) is 0 Å². The zero-order chi connectivity index (χ0) is 48.8. The normalized spacial score (nSPS) is 23.9. The fourth-order valence-corrected chi connectivity index (χ4v) is 8.96. The number of hydrogen-bond acceptors (Lipinski definition) is 16. The third kappa shape index (κ3) is 21.7. The molecule has 0 aliphatic heterocycles. The van der Waals surface area contributed by atoms with Crippen LogP contribution in [0.4, 0.5) is 0 Å². The molecule has 0 heterocycles. The predicted octanol–water partition coefficient (Wildman–Crippen LogP) is 11.6. The maximum atomic E-state index is 12.3. The van der Waals surface area contributed by atoms with Crippen molar-refractivity contribution in [3.05, 3.63) is 0 Å². The highest BCUT2D eigenvalue weighted by atomic mass is 16.7. The molecular weight excluding hydrogens is 917 g/mol. The molecule has 71 heavy (non-hydrogen) atoms. The van der Waals surface area contributed by atoms with Crippen molar-refractivity contribution in [3.63, 3.8) is 0 Å². The van der Waals surface area contributed by atoms with Crippen LogP contribution in [0, 0.1) is 51.8 Å². The maximum Gasteiger partial charge on any atom is 0.344 e. The molecular formula is C55H104O16. The van der Waals surface area contributed by atoms with Crippen molar-refractivity contribution >= 4 is 41.8 Å². The number of esters is 7. The monoisotopic (exact) mass is 1020 g/mol. The second-order valence-electron chi connectivity index (χ2n) is 20.6. The average Bonchev–Trinajstić information content (AvgIpc) is 4.13. The molecule has 5 saturated carbocycles. The molecule has 0 saturated heterocycles. The Balaban J connectivity index is -0.000000455. The lowest BCUT2D eigenvalue weighted by Crippen LogP contribution is -2.37. The van der Waals surface area contributed by atoms with Gasteiger partial charge in [-0.3, -0.25) is 24.0 Å². The summed E-state index contributed by atoms with van der Waals surface area (Å²) in [7, 11) is 1.49. The third-order valence-corrected chi connectivity index (χ3v) is 14.4. The summed E-state index contributed by atoms with van der Waals surface area (Å²) in [5, 5.41) is 0. The van der Waals surface area contributed by atoms with Gasteiger partial charge in [-0.1, -0.05) is 65.3 Å². The van der Waals surface area contributed by atoms with Gasteiger partial charge < -0.3 is 42.6 Å². The standard InChI is InChI=1S/C17H28O5.C16H26O6.C16H26O5.6CH4/c1-5-17(3,4)16(19)22-14-9-11-7-12(14)13(8-11)15(18)21-10-20-6-2;1-5-15(2,3)14(19)21-10-12(17)20-11-13(18)22-16(4)8-6-7-9-16;1-5-16(2,3)15(18)21-13-8-10-6-11(13)12(7-10)14(17)20-9-19-4;;;;;;/h11-14H,5-10H2,1-4H3;5-11H2,1-4H3;10-13H,5-9H2,1-4H3;6*1H4. The first kappa shape index (κ1) is 73.7. The highest BCUT2D eigenvalue weighted by Gasteiger charge is 2.53. The van der Waals surface area contributed by atoms with E-state index in [0.717, 1.165) is 77.0 Å². The van der Waals surface area contributed by atoms with E-state index in [1.165, 1.54) is 7.11 Å².